The molecular weight excluding hydrogens is 414 g/mol. The van der Waals surface area contributed by atoms with Gasteiger partial charge < -0.3 is 15.0 Å². The van der Waals surface area contributed by atoms with Crippen molar-refractivity contribution in [3.63, 3.8) is 0 Å². The van der Waals surface area contributed by atoms with Gasteiger partial charge in [0.25, 0.3) is 5.91 Å². The summed E-state index contributed by atoms with van der Waals surface area (Å²) in [5.41, 5.74) is 1.48. The normalized spacial score (nSPS) is 14.4. The zero-order valence-electron chi connectivity index (χ0n) is 18.2. The highest BCUT2D eigenvalue weighted by Crippen LogP contribution is 2.29. The van der Waals surface area contributed by atoms with Gasteiger partial charge in [0.1, 0.15) is 10.6 Å². The molecule has 0 aromatic heterocycles. The van der Waals surface area contributed by atoms with Gasteiger partial charge in [0.05, 0.1) is 7.11 Å². The van der Waals surface area contributed by atoms with Crippen LogP contribution < -0.4 is 15.0 Å². The molecule has 1 aliphatic heterocycles. The van der Waals surface area contributed by atoms with Crippen molar-refractivity contribution < 1.29 is 17.9 Å². The third-order valence-corrected chi connectivity index (χ3v) is 7.43. The quantitative estimate of drug-likeness (QED) is 0.569. The minimum absolute atomic E-state index is 0.0500. The molecular formula is C23H31N3O4S. The van der Waals surface area contributed by atoms with E-state index in [4.69, 9.17) is 4.74 Å². The van der Waals surface area contributed by atoms with Crippen molar-refractivity contribution >= 4 is 21.6 Å². The molecule has 0 atom stereocenters. The van der Waals surface area contributed by atoms with E-state index in [1.54, 1.807) is 12.1 Å². The summed E-state index contributed by atoms with van der Waals surface area (Å²) in [4.78, 5) is 14.8. The van der Waals surface area contributed by atoms with Crippen LogP contribution in [0.1, 0.15) is 36.0 Å². The van der Waals surface area contributed by atoms with Gasteiger partial charge in [0, 0.05) is 44.5 Å². The summed E-state index contributed by atoms with van der Waals surface area (Å²) in [7, 11) is -0.195. The smallest absolute Gasteiger partial charge is 0.251 e. The van der Waals surface area contributed by atoms with Crippen LogP contribution in [0.4, 0.5) is 5.69 Å². The van der Waals surface area contributed by atoms with Crippen LogP contribution in [-0.4, -0.2) is 59.0 Å². The molecule has 1 heterocycles. The fourth-order valence-corrected chi connectivity index (χ4v) is 5.38. The Morgan fingerprint density at radius 3 is 2.48 bits per heavy atom. The molecule has 0 unspecified atom stereocenters. The van der Waals surface area contributed by atoms with Crippen LogP contribution in [-0.2, 0) is 10.0 Å². The van der Waals surface area contributed by atoms with Crippen molar-refractivity contribution in [1.82, 2.24) is 9.62 Å². The van der Waals surface area contributed by atoms with E-state index in [9.17, 15) is 13.2 Å². The number of nitrogens with one attached hydrogen (secondary N) is 1. The van der Waals surface area contributed by atoms with Gasteiger partial charge in [0.15, 0.2) is 0 Å². The minimum atomic E-state index is -3.68. The molecule has 3 rings (SSSR count). The van der Waals surface area contributed by atoms with E-state index < -0.39 is 10.0 Å². The lowest BCUT2D eigenvalue weighted by Gasteiger charge is -2.19. The predicted molar refractivity (Wildman–Crippen MR) is 122 cm³/mol. The number of unbranched alkanes of at least 4 members (excludes halogenated alkanes) is 1. The van der Waals surface area contributed by atoms with Crippen molar-refractivity contribution in [2.24, 2.45) is 0 Å². The number of carbonyl (C=O) groups excluding carboxylic acids is 1. The molecule has 1 saturated heterocycles. The summed E-state index contributed by atoms with van der Waals surface area (Å²) >= 11 is 0. The number of para-hydroxylation sites is 1. The van der Waals surface area contributed by atoms with Gasteiger partial charge in [-0.1, -0.05) is 18.2 Å². The fraction of sp³-hybridized carbons (Fsp3) is 0.435. The number of ether oxygens (including phenoxy) is 1. The van der Waals surface area contributed by atoms with Crippen LogP contribution in [0.15, 0.2) is 53.4 Å². The first-order valence-corrected chi connectivity index (χ1v) is 12.1. The number of anilines is 1. The summed E-state index contributed by atoms with van der Waals surface area (Å²) in [6.45, 7) is 2.42. The molecule has 2 aromatic carbocycles. The third-order valence-electron chi connectivity index (χ3n) is 5.51. The average molecular weight is 446 g/mol. The van der Waals surface area contributed by atoms with Gasteiger partial charge in [-0.3, -0.25) is 4.79 Å². The maximum absolute atomic E-state index is 13.0. The molecule has 0 saturated carbocycles. The summed E-state index contributed by atoms with van der Waals surface area (Å²) in [6.07, 6.45) is 3.46. The van der Waals surface area contributed by atoms with Crippen molar-refractivity contribution in [3.05, 3.63) is 54.1 Å². The fourth-order valence-electron chi connectivity index (χ4n) is 3.68. The standard InChI is InChI=1S/C23H31N3O4S/c1-25(20-10-4-3-5-11-20)15-7-6-14-24-23(27)19-12-13-21(30-2)22(18-19)31(28,29)26-16-8-9-17-26/h3-5,10-13,18H,6-9,14-17H2,1-2H3,(H,24,27). The lowest BCUT2D eigenvalue weighted by atomic mass is 10.2. The molecule has 7 nitrogen and oxygen atoms in total. The third kappa shape index (κ3) is 5.77. The van der Waals surface area contributed by atoms with Crippen molar-refractivity contribution in [1.29, 1.82) is 0 Å². The predicted octanol–water partition coefficient (Wildman–Crippen LogP) is 3.13. The van der Waals surface area contributed by atoms with Gasteiger partial charge in [0.2, 0.25) is 10.0 Å². The Balaban J connectivity index is 1.55. The molecule has 2 aromatic rings. The Morgan fingerprint density at radius 1 is 1.10 bits per heavy atom. The molecule has 0 radical (unpaired) electrons. The Morgan fingerprint density at radius 2 is 1.81 bits per heavy atom. The number of hydrogen-bond donors (Lipinski definition) is 1. The SMILES string of the molecule is COc1ccc(C(=O)NCCCCN(C)c2ccccc2)cc1S(=O)(=O)N1CCCC1. The Bertz CT molecular complexity index is 974. The summed E-state index contributed by atoms with van der Waals surface area (Å²) in [5.74, 6) is -0.0238. The van der Waals surface area contributed by atoms with Gasteiger partial charge in [-0.15, -0.1) is 0 Å². The highest BCUT2D eigenvalue weighted by molar-refractivity contribution is 7.89. The van der Waals surface area contributed by atoms with E-state index in [0.29, 0.717) is 25.2 Å². The van der Waals surface area contributed by atoms with Crippen LogP contribution in [0.5, 0.6) is 5.75 Å². The molecule has 0 bridgehead atoms. The van der Waals surface area contributed by atoms with Crippen molar-refractivity contribution in [2.45, 2.75) is 30.6 Å². The van der Waals surface area contributed by atoms with Crippen LogP contribution in [0.3, 0.4) is 0 Å². The van der Waals surface area contributed by atoms with Gasteiger partial charge in [-0.2, -0.15) is 4.31 Å². The number of carbonyl (C=O) groups is 1. The monoisotopic (exact) mass is 445 g/mol. The van der Waals surface area contributed by atoms with E-state index in [-0.39, 0.29) is 16.6 Å². The zero-order valence-corrected chi connectivity index (χ0v) is 19.0. The van der Waals surface area contributed by atoms with Crippen LogP contribution >= 0.6 is 0 Å². The lowest BCUT2D eigenvalue weighted by molar-refractivity contribution is 0.0953. The average Bonchev–Trinajstić information content (AvgIpc) is 3.34. The van der Waals surface area contributed by atoms with E-state index >= 15 is 0 Å². The molecule has 31 heavy (non-hydrogen) atoms. The van der Waals surface area contributed by atoms with Crippen LogP contribution in [0.25, 0.3) is 0 Å². The molecule has 0 aliphatic carbocycles. The Hall–Kier alpha value is -2.58. The first-order valence-electron chi connectivity index (χ1n) is 10.7. The number of benzene rings is 2. The molecule has 1 amide bonds. The van der Waals surface area contributed by atoms with Gasteiger partial charge >= 0.3 is 0 Å². The molecule has 1 aliphatic rings. The summed E-state index contributed by atoms with van der Waals surface area (Å²) in [6, 6.07) is 14.7. The van der Waals surface area contributed by atoms with E-state index in [1.807, 2.05) is 25.2 Å². The number of sulfonamides is 1. The van der Waals surface area contributed by atoms with Gasteiger partial charge in [-0.25, -0.2) is 8.42 Å². The first-order chi connectivity index (χ1) is 14.9. The number of hydrogen-bond acceptors (Lipinski definition) is 5. The first kappa shape index (κ1) is 23.1. The van der Waals surface area contributed by atoms with Crippen LogP contribution in [0, 0.1) is 0 Å². The number of rotatable bonds is 10. The molecule has 8 heteroatoms. The maximum atomic E-state index is 13.0. The number of nitrogens with zero attached hydrogens (tertiary/aromatic N) is 2. The second kappa shape index (κ2) is 10.6. The largest absolute Gasteiger partial charge is 0.495 e. The second-order valence-electron chi connectivity index (χ2n) is 7.70. The molecule has 168 valence electrons. The van der Waals surface area contributed by atoms with Crippen molar-refractivity contribution in [3.8, 4) is 5.75 Å². The second-order valence-corrected chi connectivity index (χ2v) is 9.60. The zero-order chi connectivity index (χ0) is 22.3. The molecule has 1 fully saturated rings. The summed E-state index contributed by atoms with van der Waals surface area (Å²) < 4.78 is 32.7. The minimum Gasteiger partial charge on any atom is -0.495 e. The van der Waals surface area contributed by atoms with E-state index in [1.165, 1.54) is 17.5 Å². The Labute approximate surface area is 185 Å². The molecule has 0 spiro atoms. The number of methoxy groups -OCH3 is 1. The van der Waals surface area contributed by atoms with E-state index in [2.05, 4.69) is 22.3 Å². The highest BCUT2D eigenvalue weighted by atomic mass is 32.2. The van der Waals surface area contributed by atoms with Crippen molar-refractivity contribution in [2.75, 3.05) is 45.2 Å². The summed E-state index contributed by atoms with van der Waals surface area (Å²) in [5, 5.41) is 2.89. The highest BCUT2D eigenvalue weighted by Gasteiger charge is 2.30. The molecule has 1 N–H and O–H groups in total. The number of amides is 1. The lowest BCUT2D eigenvalue weighted by Crippen LogP contribution is -2.29. The Kier molecular flexibility index (Phi) is 7.92. The van der Waals surface area contributed by atoms with E-state index in [0.717, 1.165) is 37.9 Å². The topological polar surface area (TPSA) is 79.0 Å². The maximum Gasteiger partial charge on any atom is 0.251 e. The van der Waals surface area contributed by atoms with Gasteiger partial charge in [-0.05, 0) is 56.0 Å². The van der Waals surface area contributed by atoms with Crippen LogP contribution in [0.2, 0.25) is 0 Å².